The van der Waals surface area contributed by atoms with Crippen molar-refractivity contribution in [2.24, 2.45) is 0 Å². The highest BCUT2D eigenvalue weighted by Gasteiger charge is 2.19. The van der Waals surface area contributed by atoms with E-state index in [1.807, 2.05) is 6.07 Å². The van der Waals surface area contributed by atoms with E-state index >= 15 is 0 Å². The molecule has 1 heterocycles. The number of sulfonamides is 1. The molecule has 0 saturated heterocycles. The number of halogens is 1. The van der Waals surface area contributed by atoms with Gasteiger partial charge in [0.05, 0.1) is 15.5 Å². The molecule has 0 amide bonds. The van der Waals surface area contributed by atoms with E-state index in [0.29, 0.717) is 16.1 Å². The monoisotopic (exact) mass is 363 g/mol. The fourth-order valence-electron chi connectivity index (χ4n) is 2.08. The lowest BCUT2D eigenvalue weighted by Crippen LogP contribution is -2.22. The zero-order valence-electron chi connectivity index (χ0n) is 13.0. The van der Waals surface area contributed by atoms with E-state index in [2.05, 4.69) is 10.2 Å². The molecule has 6 nitrogen and oxygen atoms in total. The Labute approximate surface area is 144 Å². The highest BCUT2D eigenvalue weighted by molar-refractivity contribution is 7.89. The maximum atomic E-state index is 12.2. The Balaban J connectivity index is 2.02. The highest BCUT2D eigenvalue weighted by atomic mass is 35.5. The van der Waals surface area contributed by atoms with E-state index in [1.54, 1.807) is 30.3 Å². The van der Waals surface area contributed by atoms with Gasteiger partial charge in [0, 0.05) is 19.7 Å². The Morgan fingerprint density at radius 1 is 1.00 bits per heavy atom. The zero-order chi connectivity index (χ0) is 17.3. The number of hydrogen-bond acceptors (Lipinski definition) is 5. The Morgan fingerprint density at radius 2 is 1.71 bits per heavy atom. The van der Waals surface area contributed by atoms with Crippen LogP contribution in [0.15, 0.2) is 57.8 Å². The van der Waals surface area contributed by atoms with Gasteiger partial charge >= 0.3 is 0 Å². The second kappa shape index (κ2) is 6.35. The summed E-state index contributed by atoms with van der Waals surface area (Å²) in [6, 6.07) is 13.5. The Bertz CT molecular complexity index is 983. The van der Waals surface area contributed by atoms with Gasteiger partial charge < -0.3 is 4.42 Å². The molecule has 2 aromatic carbocycles. The molecule has 124 valence electrons. The first kappa shape index (κ1) is 16.6. The summed E-state index contributed by atoms with van der Waals surface area (Å²) in [5, 5.41) is 8.47. The Kier molecular flexibility index (Phi) is 4.40. The van der Waals surface area contributed by atoms with Crippen LogP contribution in [0.25, 0.3) is 22.9 Å². The maximum absolute atomic E-state index is 12.2. The molecule has 0 aliphatic rings. The molecule has 3 aromatic rings. The fraction of sp³-hybridized carbons (Fsp3) is 0.125. The molecular formula is C16H14ClN3O3S. The third kappa shape index (κ3) is 3.06. The summed E-state index contributed by atoms with van der Waals surface area (Å²) in [4.78, 5) is 0.155. The summed E-state index contributed by atoms with van der Waals surface area (Å²) >= 11 is 6.12. The normalized spacial score (nSPS) is 11.8. The van der Waals surface area contributed by atoms with Crippen LogP contribution in [0.1, 0.15) is 0 Å². The van der Waals surface area contributed by atoms with E-state index < -0.39 is 10.0 Å². The van der Waals surface area contributed by atoms with Gasteiger partial charge in [0.25, 0.3) is 0 Å². The molecule has 0 aliphatic heterocycles. The van der Waals surface area contributed by atoms with Crippen LogP contribution in [0, 0.1) is 0 Å². The first-order chi connectivity index (χ1) is 11.4. The van der Waals surface area contributed by atoms with Crippen LogP contribution >= 0.6 is 11.6 Å². The quantitative estimate of drug-likeness (QED) is 0.710. The lowest BCUT2D eigenvalue weighted by molar-refractivity contribution is 0.520. The van der Waals surface area contributed by atoms with Gasteiger partial charge in [-0.2, -0.15) is 0 Å². The topological polar surface area (TPSA) is 76.3 Å². The first-order valence-electron chi connectivity index (χ1n) is 7.01. The average molecular weight is 364 g/mol. The lowest BCUT2D eigenvalue weighted by atomic mass is 10.2. The molecule has 0 spiro atoms. The molecular weight excluding hydrogens is 350 g/mol. The minimum absolute atomic E-state index is 0.155. The second-order valence-corrected chi connectivity index (χ2v) is 7.77. The van der Waals surface area contributed by atoms with E-state index in [-0.39, 0.29) is 16.7 Å². The van der Waals surface area contributed by atoms with Crippen molar-refractivity contribution in [2.45, 2.75) is 4.90 Å². The molecule has 0 saturated carbocycles. The number of aromatic nitrogens is 2. The van der Waals surface area contributed by atoms with Gasteiger partial charge in [0.2, 0.25) is 21.8 Å². The molecule has 3 rings (SSSR count). The number of hydrogen-bond donors (Lipinski definition) is 0. The third-order valence-electron chi connectivity index (χ3n) is 3.39. The number of benzene rings is 2. The summed E-state index contributed by atoms with van der Waals surface area (Å²) in [6.45, 7) is 0. The predicted molar refractivity (Wildman–Crippen MR) is 91.1 cm³/mol. The van der Waals surface area contributed by atoms with Crippen LogP contribution in [0.3, 0.4) is 0 Å². The van der Waals surface area contributed by atoms with Crippen molar-refractivity contribution in [3.05, 3.63) is 53.6 Å². The van der Waals surface area contributed by atoms with Crippen LogP contribution in [0.4, 0.5) is 0 Å². The van der Waals surface area contributed by atoms with Crippen molar-refractivity contribution in [1.82, 2.24) is 14.5 Å². The zero-order valence-corrected chi connectivity index (χ0v) is 14.5. The minimum Gasteiger partial charge on any atom is -0.416 e. The van der Waals surface area contributed by atoms with E-state index in [4.69, 9.17) is 16.0 Å². The Hall–Kier alpha value is -2.22. The maximum Gasteiger partial charge on any atom is 0.249 e. The summed E-state index contributed by atoms with van der Waals surface area (Å²) < 4.78 is 31.3. The van der Waals surface area contributed by atoms with E-state index in [0.717, 1.165) is 4.31 Å². The second-order valence-electron chi connectivity index (χ2n) is 5.21. The molecule has 0 atom stereocenters. The van der Waals surface area contributed by atoms with Crippen LogP contribution in [0.5, 0.6) is 0 Å². The molecule has 0 radical (unpaired) electrons. The summed E-state index contributed by atoms with van der Waals surface area (Å²) in [6.07, 6.45) is 0. The SMILES string of the molecule is CN(C)S(=O)(=O)c1cccc(-c2nnc(-c3ccccc3Cl)o2)c1. The number of nitrogens with zero attached hydrogens (tertiary/aromatic N) is 3. The molecule has 0 unspecified atom stereocenters. The minimum atomic E-state index is -3.54. The van der Waals surface area contributed by atoms with Gasteiger partial charge in [0.1, 0.15) is 0 Å². The smallest absolute Gasteiger partial charge is 0.249 e. The molecule has 0 N–H and O–H groups in total. The van der Waals surface area contributed by atoms with Crippen molar-refractivity contribution >= 4 is 21.6 Å². The van der Waals surface area contributed by atoms with Gasteiger partial charge in [-0.3, -0.25) is 0 Å². The van der Waals surface area contributed by atoms with Gasteiger partial charge in [-0.05, 0) is 30.3 Å². The lowest BCUT2D eigenvalue weighted by Gasteiger charge is -2.11. The van der Waals surface area contributed by atoms with Crippen LogP contribution < -0.4 is 0 Å². The van der Waals surface area contributed by atoms with Gasteiger partial charge in [-0.15, -0.1) is 10.2 Å². The van der Waals surface area contributed by atoms with Crippen molar-refractivity contribution in [3.8, 4) is 22.9 Å². The molecule has 1 aromatic heterocycles. The van der Waals surface area contributed by atoms with Crippen molar-refractivity contribution in [1.29, 1.82) is 0 Å². The van der Waals surface area contributed by atoms with Crippen molar-refractivity contribution in [3.63, 3.8) is 0 Å². The van der Waals surface area contributed by atoms with Crippen LogP contribution in [-0.4, -0.2) is 37.0 Å². The molecule has 24 heavy (non-hydrogen) atoms. The van der Waals surface area contributed by atoms with E-state index in [1.165, 1.54) is 26.2 Å². The summed E-state index contributed by atoms with van der Waals surface area (Å²) in [5.74, 6) is 0.497. The average Bonchev–Trinajstić information content (AvgIpc) is 3.05. The molecule has 8 heteroatoms. The van der Waals surface area contributed by atoms with E-state index in [9.17, 15) is 8.42 Å². The summed E-state index contributed by atoms with van der Waals surface area (Å²) in [7, 11) is -0.584. The standard InChI is InChI=1S/C16H14ClN3O3S/c1-20(2)24(21,22)12-7-5-6-11(10-12)15-18-19-16(23-15)13-8-3-4-9-14(13)17/h3-10H,1-2H3. The third-order valence-corrected chi connectivity index (χ3v) is 5.53. The molecule has 0 aliphatic carbocycles. The van der Waals surface area contributed by atoms with Gasteiger partial charge in [0.15, 0.2) is 0 Å². The largest absolute Gasteiger partial charge is 0.416 e. The van der Waals surface area contributed by atoms with Crippen molar-refractivity contribution < 1.29 is 12.8 Å². The number of rotatable bonds is 4. The van der Waals surface area contributed by atoms with Gasteiger partial charge in [-0.25, -0.2) is 12.7 Å². The molecule has 0 fully saturated rings. The fourth-order valence-corrected chi connectivity index (χ4v) is 3.25. The molecule has 0 bridgehead atoms. The van der Waals surface area contributed by atoms with Gasteiger partial charge in [-0.1, -0.05) is 29.8 Å². The van der Waals surface area contributed by atoms with Crippen LogP contribution in [0.2, 0.25) is 5.02 Å². The first-order valence-corrected chi connectivity index (χ1v) is 8.83. The summed E-state index contributed by atoms with van der Waals surface area (Å²) in [5.41, 5.74) is 1.14. The highest BCUT2D eigenvalue weighted by Crippen LogP contribution is 2.29. The predicted octanol–water partition coefficient (Wildman–Crippen LogP) is 3.31. The van der Waals surface area contributed by atoms with Crippen molar-refractivity contribution in [2.75, 3.05) is 14.1 Å². The Morgan fingerprint density at radius 3 is 2.42 bits per heavy atom. The van der Waals surface area contributed by atoms with Crippen LogP contribution in [-0.2, 0) is 10.0 Å².